The first-order chi connectivity index (χ1) is 11.4. The van der Waals surface area contributed by atoms with Crippen LogP contribution in [0.3, 0.4) is 0 Å². The molecule has 2 aromatic heterocycles. The van der Waals surface area contributed by atoms with Crippen molar-refractivity contribution in [1.82, 2.24) is 0 Å². The highest BCUT2D eigenvalue weighted by Gasteiger charge is 2.22. The minimum Gasteiger partial charge on any atom is -0.546 e. The lowest BCUT2D eigenvalue weighted by molar-refractivity contribution is -0.312. The predicted octanol–water partition coefficient (Wildman–Crippen LogP) is 2.19. The number of carboxylic acids is 1. The van der Waals surface area contributed by atoms with E-state index in [1.165, 1.54) is 13.2 Å². The van der Waals surface area contributed by atoms with Gasteiger partial charge in [-0.1, -0.05) is 0 Å². The molecule has 1 aromatic carbocycles. The zero-order valence-corrected chi connectivity index (χ0v) is 13.4. The number of hydrogen-bond donors (Lipinski definition) is 0. The van der Waals surface area contributed by atoms with Crippen molar-refractivity contribution in [3.63, 3.8) is 0 Å². The molecule has 124 valence electrons. The van der Waals surface area contributed by atoms with Crippen molar-refractivity contribution in [3.05, 3.63) is 51.9 Å². The molecule has 0 unspecified atom stereocenters. The Morgan fingerprint density at radius 3 is 2.58 bits per heavy atom. The maximum Gasteiger partial charge on any atom is 0.235 e. The molecule has 0 spiro atoms. The van der Waals surface area contributed by atoms with E-state index in [1.54, 1.807) is 24.3 Å². The van der Waals surface area contributed by atoms with E-state index in [4.69, 9.17) is 13.6 Å². The average molecular weight is 327 g/mol. The Morgan fingerprint density at radius 1 is 1.25 bits per heavy atom. The predicted molar refractivity (Wildman–Crippen MR) is 84.8 cm³/mol. The van der Waals surface area contributed by atoms with Crippen LogP contribution in [0.1, 0.15) is 18.1 Å². The molecule has 0 bridgehead atoms. The number of rotatable bonds is 4. The van der Waals surface area contributed by atoms with E-state index in [1.807, 2.05) is 13.8 Å². The van der Waals surface area contributed by atoms with Crippen LogP contribution in [0.5, 0.6) is 5.75 Å². The molecule has 0 radical (unpaired) electrons. The van der Waals surface area contributed by atoms with Crippen molar-refractivity contribution < 1.29 is 23.5 Å². The molecule has 0 N–H and O–H groups in total. The Bertz CT molecular complexity index is 965. The monoisotopic (exact) mass is 327 g/mol. The normalized spacial score (nSPS) is 12.3. The van der Waals surface area contributed by atoms with E-state index in [-0.39, 0.29) is 17.3 Å². The van der Waals surface area contributed by atoms with Gasteiger partial charge in [-0.15, -0.1) is 0 Å². The number of fused-ring (bicyclic) bond motifs is 1. The first-order valence-electron chi connectivity index (χ1n) is 7.38. The molecule has 0 fully saturated rings. The summed E-state index contributed by atoms with van der Waals surface area (Å²) in [5, 5.41) is 11.3. The molecular formula is C18H15O6-. The summed E-state index contributed by atoms with van der Waals surface area (Å²) in [5.74, 6) is -1.32. The number of carbonyl (C=O) groups excluding carboxylic acids is 1. The molecular weight excluding hydrogens is 312 g/mol. The van der Waals surface area contributed by atoms with Gasteiger partial charge in [-0.2, -0.15) is 0 Å². The third-order valence-corrected chi connectivity index (χ3v) is 3.84. The average Bonchev–Trinajstić information content (AvgIpc) is 3.06. The number of carboxylic acid groups (broad SMARTS) is 1. The van der Waals surface area contributed by atoms with Crippen LogP contribution >= 0.6 is 0 Å². The second kappa shape index (κ2) is 5.88. The zero-order valence-electron chi connectivity index (χ0n) is 13.4. The van der Waals surface area contributed by atoms with Gasteiger partial charge in [0.2, 0.25) is 16.9 Å². The molecule has 0 amide bonds. The summed E-state index contributed by atoms with van der Waals surface area (Å²) in [5.41, 5.74) is 1.80. The van der Waals surface area contributed by atoms with Crippen LogP contribution in [0.25, 0.3) is 22.5 Å². The quantitative estimate of drug-likeness (QED) is 0.729. The topological polar surface area (TPSA) is 92.7 Å². The van der Waals surface area contributed by atoms with Crippen LogP contribution in [0, 0.1) is 13.8 Å². The van der Waals surface area contributed by atoms with Gasteiger partial charge in [-0.3, -0.25) is 4.79 Å². The summed E-state index contributed by atoms with van der Waals surface area (Å²) in [6.45, 7) is 5.06. The van der Waals surface area contributed by atoms with Gasteiger partial charge in [0, 0.05) is 0 Å². The number of benzene rings is 1. The minimum atomic E-state index is -1.43. The smallest absolute Gasteiger partial charge is 0.235 e. The summed E-state index contributed by atoms with van der Waals surface area (Å²) < 4.78 is 16.4. The van der Waals surface area contributed by atoms with E-state index in [0.29, 0.717) is 11.0 Å². The Hall–Kier alpha value is -3.02. The van der Waals surface area contributed by atoms with Gasteiger partial charge in [-0.05, 0) is 56.2 Å². The van der Waals surface area contributed by atoms with Gasteiger partial charge in [-0.25, -0.2) is 0 Å². The van der Waals surface area contributed by atoms with Gasteiger partial charge >= 0.3 is 0 Å². The third-order valence-electron chi connectivity index (χ3n) is 3.84. The van der Waals surface area contributed by atoms with Crippen LogP contribution in [-0.4, -0.2) is 12.1 Å². The van der Waals surface area contributed by atoms with Crippen LogP contribution in [0.4, 0.5) is 0 Å². The molecule has 0 aliphatic carbocycles. The molecule has 6 heteroatoms. The molecule has 2 heterocycles. The summed E-state index contributed by atoms with van der Waals surface area (Å²) in [6, 6.07) is 6.68. The fourth-order valence-electron chi connectivity index (χ4n) is 2.34. The first kappa shape index (κ1) is 15.9. The van der Waals surface area contributed by atoms with Crippen LogP contribution < -0.4 is 15.3 Å². The van der Waals surface area contributed by atoms with Gasteiger partial charge in [0.1, 0.15) is 11.7 Å². The van der Waals surface area contributed by atoms with Crippen molar-refractivity contribution in [2.45, 2.75) is 26.9 Å². The molecule has 0 aliphatic heterocycles. The summed E-state index contributed by atoms with van der Waals surface area (Å²) in [4.78, 5) is 23.8. The Labute approximate surface area is 137 Å². The fraction of sp³-hybridized carbons (Fsp3) is 0.222. The highest BCUT2D eigenvalue weighted by Crippen LogP contribution is 2.32. The number of aryl methyl sites for hydroxylation is 2. The molecule has 0 aliphatic rings. The summed E-state index contributed by atoms with van der Waals surface area (Å²) >= 11 is 0. The van der Waals surface area contributed by atoms with Gasteiger partial charge in [0.15, 0.2) is 5.76 Å². The fourth-order valence-corrected chi connectivity index (χ4v) is 2.34. The van der Waals surface area contributed by atoms with Crippen molar-refractivity contribution in [1.29, 1.82) is 0 Å². The Kier molecular flexibility index (Phi) is 3.89. The van der Waals surface area contributed by atoms with Crippen molar-refractivity contribution >= 4 is 16.9 Å². The Morgan fingerprint density at radius 2 is 1.96 bits per heavy atom. The highest BCUT2D eigenvalue weighted by molar-refractivity contribution is 5.83. The van der Waals surface area contributed by atoms with Gasteiger partial charge in [0.05, 0.1) is 17.6 Å². The van der Waals surface area contributed by atoms with E-state index >= 15 is 0 Å². The van der Waals surface area contributed by atoms with E-state index in [9.17, 15) is 14.7 Å². The van der Waals surface area contributed by atoms with Gasteiger partial charge in [0.25, 0.3) is 0 Å². The highest BCUT2D eigenvalue weighted by atomic mass is 16.5. The molecule has 0 saturated carbocycles. The number of ether oxygens (including phenoxy) is 1. The van der Waals surface area contributed by atoms with Crippen LogP contribution in [-0.2, 0) is 4.79 Å². The summed E-state index contributed by atoms with van der Waals surface area (Å²) in [6.07, 6.45) is 0.108. The number of carbonyl (C=O) groups is 1. The second-order valence-corrected chi connectivity index (χ2v) is 5.58. The number of furan rings is 1. The maximum atomic E-state index is 12.8. The zero-order chi connectivity index (χ0) is 17.4. The number of aliphatic carboxylic acids is 1. The molecule has 6 nitrogen and oxygen atoms in total. The molecule has 3 aromatic rings. The molecule has 0 saturated heterocycles. The lowest BCUT2D eigenvalue weighted by Gasteiger charge is -2.17. The number of hydrogen-bond acceptors (Lipinski definition) is 6. The summed E-state index contributed by atoms with van der Waals surface area (Å²) in [7, 11) is 0. The maximum absolute atomic E-state index is 12.8. The Balaban J connectivity index is 2.31. The first-order valence-corrected chi connectivity index (χ1v) is 7.38. The lowest BCUT2D eigenvalue weighted by Crippen LogP contribution is -2.38. The van der Waals surface area contributed by atoms with Gasteiger partial charge < -0.3 is 23.5 Å². The molecule has 24 heavy (non-hydrogen) atoms. The second-order valence-electron chi connectivity index (χ2n) is 5.58. The van der Waals surface area contributed by atoms with E-state index < -0.39 is 17.5 Å². The lowest BCUT2D eigenvalue weighted by atomic mass is 10.1. The van der Waals surface area contributed by atoms with Crippen molar-refractivity contribution in [2.75, 3.05) is 0 Å². The molecule has 3 rings (SSSR count). The van der Waals surface area contributed by atoms with Crippen LogP contribution in [0.2, 0.25) is 0 Å². The SMILES string of the molecule is Cc1cc2oc(-c3ccco3)c(O[C@@H](C)C(=O)[O-])c(=O)c2cc1C. The van der Waals surface area contributed by atoms with Crippen molar-refractivity contribution in [2.24, 2.45) is 0 Å². The van der Waals surface area contributed by atoms with E-state index in [2.05, 4.69) is 0 Å². The van der Waals surface area contributed by atoms with E-state index in [0.717, 1.165) is 11.1 Å². The molecule has 1 atom stereocenters. The largest absolute Gasteiger partial charge is 0.546 e. The minimum absolute atomic E-state index is 0.0499. The van der Waals surface area contributed by atoms with Crippen molar-refractivity contribution in [3.8, 4) is 17.3 Å². The third kappa shape index (κ3) is 2.67. The van der Waals surface area contributed by atoms with Crippen LogP contribution in [0.15, 0.2) is 44.2 Å². The standard InChI is InChI=1S/C18H16O6/c1-9-7-12-14(8-10(9)2)24-16(13-5-4-6-22-13)17(15(12)19)23-11(3)18(20)21/h4-8,11H,1-3H3,(H,20,21)/p-1/t11-/m0/s1.